The van der Waals surface area contributed by atoms with Crippen LogP contribution in [0.25, 0.3) is 0 Å². The Hall–Kier alpha value is -2.80. The molecule has 4 heterocycles. The summed E-state index contributed by atoms with van der Waals surface area (Å²) >= 11 is 0. The van der Waals surface area contributed by atoms with Crippen LogP contribution in [0, 0.1) is 6.92 Å². The Bertz CT molecular complexity index is 1020. The van der Waals surface area contributed by atoms with E-state index in [1.54, 1.807) is 0 Å². The van der Waals surface area contributed by atoms with E-state index in [1.807, 2.05) is 34.9 Å². The molecule has 2 fully saturated rings. The number of hydrogen-bond donors (Lipinski definition) is 0. The van der Waals surface area contributed by atoms with E-state index in [0.29, 0.717) is 19.5 Å². The molecule has 5 rings (SSSR count). The van der Waals surface area contributed by atoms with Gasteiger partial charge in [0.25, 0.3) is 0 Å². The van der Waals surface area contributed by atoms with Gasteiger partial charge >= 0.3 is 0 Å². The highest BCUT2D eigenvalue weighted by atomic mass is 16.2. The molecule has 3 aliphatic rings. The SMILES string of the molecule is Cc1nc([C@@H]2CCCN(CC(=O)N3CCCC3)C2)nc2c1CC(=O)N2CCc1ccccc1. The third-order valence-corrected chi connectivity index (χ3v) is 7.25. The van der Waals surface area contributed by atoms with Gasteiger partial charge in [-0.25, -0.2) is 9.97 Å². The van der Waals surface area contributed by atoms with E-state index < -0.39 is 0 Å². The number of nitrogens with zero attached hydrogens (tertiary/aromatic N) is 5. The van der Waals surface area contributed by atoms with Gasteiger partial charge in [-0.2, -0.15) is 0 Å². The summed E-state index contributed by atoms with van der Waals surface area (Å²) in [5, 5.41) is 0. The number of rotatable bonds is 6. The summed E-state index contributed by atoms with van der Waals surface area (Å²) in [7, 11) is 0. The van der Waals surface area contributed by atoms with Gasteiger partial charge in [0.15, 0.2) is 0 Å². The molecule has 33 heavy (non-hydrogen) atoms. The second-order valence-corrected chi connectivity index (χ2v) is 9.59. The number of aromatic nitrogens is 2. The maximum atomic E-state index is 12.8. The molecule has 0 N–H and O–H groups in total. The summed E-state index contributed by atoms with van der Waals surface area (Å²) in [5.41, 5.74) is 3.10. The van der Waals surface area contributed by atoms with Crippen molar-refractivity contribution in [1.29, 1.82) is 0 Å². The quantitative estimate of drug-likeness (QED) is 0.681. The molecule has 1 atom stereocenters. The van der Waals surface area contributed by atoms with E-state index in [0.717, 1.165) is 81.2 Å². The lowest BCUT2D eigenvalue weighted by Crippen LogP contribution is -2.43. The Morgan fingerprint density at radius 3 is 2.64 bits per heavy atom. The van der Waals surface area contributed by atoms with Crippen molar-refractivity contribution in [2.24, 2.45) is 0 Å². The van der Waals surface area contributed by atoms with Crippen molar-refractivity contribution in [3.8, 4) is 0 Å². The van der Waals surface area contributed by atoms with Crippen LogP contribution in [-0.4, -0.2) is 70.9 Å². The molecular weight excluding hydrogens is 414 g/mol. The number of aryl methyl sites for hydroxylation is 1. The summed E-state index contributed by atoms with van der Waals surface area (Å²) in [6.45, 7) is 6.66. The maximum absolute atomic E-state index is 12.8. The lowest BCUT2D eigenvalue weighted by molar-refractivity contribution is -0.131. The van der Waals surface area contributed by atoms with E-state index >= 15 is 0 Å². The van der Waals surface area contributed by atoms with E-state index in [4.69, 9.17) is 9.97 Å². The summed E-state index contributed by atoms with van der Waals surface area (Å²) in [4.78, 5) is 41.3. The first-order chi connectivity index (χ1) is 16.1. The zero-order valence-corrected chi connectivity index (χ0v) is 19.5. The van der Waals surface area contributed by atoms with Gasteiger partial charge in [0.05, 0.1) is 13.0 Å². The lowest BCUT2D eigenvalue weighted by Gasteiger charge is -2.32. The molecular formula is C26H33N5O2. The number of fused-ring (bicyclic) bond motifs is 1. The summed E-state index contributed by atoms with van der Waals surface area (Å²) in [6, 6.07) is 10.3. The Balaban J connectivity index is 1.30. The minimum Gasteiger partial charge on any atom is -0.342 e. The van der Waals surface area contributed by atoms with E-state index in [1.165, 1.54) is 5.56 Å². The van der Waals surface area contributed by atoms with Crippen LogP contribution in [0.1, 0.15) is 54.2 Å². The molecule has 0 unspecified atom stereocenters. The van der Waals surface area contributed by atoms with Gasteiger partial charge in [-0.3, -0.25) is 19.4 Å². The van der Waals surface area contributed by atoms with Crippen LogP contribution in [-0.2, 0) is 22.4 Å². The van der Waals surface area contributed by atoms with Crippen LogP contribution < -0.4 is 4.90 Å². The molecule has 1 aromatic carbocycles. The second kappa shape index (κ2) is 9.59. The average molecular weight is 448 g/mol. The number of anilines is 1. The monoisotopic (exact) mass is 447 g/mol. The van der Waals surface area contributed by atoms with Gasteiger partial charge < -0.3 is 4.90 Å². The number of hydrogen-bond acceptors (Lipinski definition) is 5. The van der Waals surface area contributed by atoms with Gasteiger partial charge in [0.1, 0.15) is 11.6 Å². The standard InChI is InChI=1S/C26H33N5O2/c1-19-22-16-23(32)31(15-11-20-8-3-2-4-9-20)26(22)28-25(27-19)21-10-7-12-29(17-21)18-24(33)30-13-5-6-14-30/h2-4,8-9,21H,5-7,10-18H2,1H3/t21-/m1/s1. The molecule has 2 aromatic rings. The van der Waals surface area contributed by atoms with Gasteiger partial charge in [-0.05, 0) is 51.1 Å². The van der Waals surface area contributed by atoms with Crippen molar-refractivity contribution < 1.29 is 9.59 Å². The number of likely N-dealkylation sites (tertiary alicyclic amines) is 2. The smallest absolute Gasteiger partial charge is 0.236 e. The van der Waals surface area contributed by atoms with Gasteiger partial charge in [0, 0.05) is 43.4 Å². The highest BCUT2D eigenvalue weighted by Crippen LogP contribution is 2.33. The van der Waals surface area contributed by atoms with Crippen molar-refractivity contribution >= 4 is 17.6 Å². The van der Waals surface area contributed by atoms with Gasteiger partial charge in [-0.15, -0.1) is 0 Å². The van der Waals surface area contributed by atoms with E-state index in [2.05, 4.69) is 17.0 Å². The first-order valence-electron chi connectivity index (χ1n) is 12.3. The summed E-state index contributed by atoms with van der Waals surface area (Å²) in [5.74, 6) is 2.17. The molecule has 2 saturated heterocycles. The zero-order valence-electron chi connectivity index (χ0n) is 19.5. The maximum Gasteiger partial charge on any atom is 0.236 e. The first kappa shape index (κ1) is 22.0. The Morgan fingerprint density at radius 2 is 1.85 bits per heavy atom. The van der Waals surface area contributed by atoms with Crippen LogP contribution in [0.2, 0.25) is 0 Å². The fourth-order valence-corrected chi connectivity index (χ4v) is 5.36. The Kier molecular flexibility index (Phi) is 6.40. The minimum absolute atomic E-state index is 0.108. The van der Waals surface area contributed by atoms with Crippen LogP contribution in [0.15, 0.2) is 30.3 Å². The first-order valence-corrected chi connectivity index (χ1v) is 12.3. The van der Waals surface area contributed by atoms with Crippen molar-refractivity contribution in [1.82, 2.24) is 19.8 Å². The summed E-state index contributed by atoms with van der Waals surface area (Å²) in [6.07, 6.45) is 5.49. The van der Waals surface area contributed by atoms with E-state index in [9.17, 15) is 9.59 Å². The zero-order chi connectivity index (χ0) is 22.8. The molecule has 1 aromatic heterocycles. The predicted octanol–water partition coefficient (Wildman–Crippen LogP) is 2.72. The lowest BCUT2D eigenvalue weighted by atomic mass is 9.96. The van der Waals surface area contributed by atoms with Gasteiger partial charge in [0.2, 0.25) is 11.8 Å². The number of carbonyl (C=O) groups excluding carboxylic acids is 2. The second-order valence-electron chi connectivity index (χ2n) is 9.59. The highest BCUT2D eigenvalue weighted by Gasteiger charge is 2.33. The molecule has 7 heteroatoms. The number of benzene rings is 1. The predicted molar refractivity (Wildman–Crippen MR) is 127 cm³/mol. The molecule has 0 saturated carbocycles. The minimum atomic E-state index is 0.108. The van der Waals surface area contributed by atoms with Crippen LogP contribution in [0.5, 0.6) is 0 Å². The summed E-state index contributed by atoms with van der Waals surface area (Å²) < 4.78 is 0. The molecule has 0 spiro atoms. The van der Waals surface area contributed by atoms with Crippen molar-refractivity contribution in [3.05, 3.63) is 53.0 Å². The Morgan fingerprint density at radius 1 is 1.06 bits per heavy atom. The molecule has 174 valence electrons. The average Bonchev–Trinajstić information content (AvgIpc) is 3.47. The van der Waals surface area contributed by atoms with Crippen LogP contribution in [0.3, 0.4) is 0 Å². The molecule has 2 amide bonds. The topological polar surface area (TPSA) is 69.6 Å². The number of amides is 2. The number of carbonyl (C=O) groups is 2. The fourth-order valence-electron chi connectivity index (χ4n) is 5.36. The molecule has 0 radical (unpaired) electrons. The molecule has 7 nitrogen and oxygen atoms in total. The van der Waals surface area contributed by atoms with Crippen molar-refractivity contribution in [2.75, 3.05) is 44.2 Å². The molecule has 0 aliphatic carbocycles. The van der Waals surface area contributed by atoms with Crippen LogP contribution >= 0.6 is 0 Å². The number of piperidine rings is 1. The molecule has 0 bridgehead atoms. The van der Waals surface area contributed by atoms with Crippen molar-refractivity contribution in [3.63, 3.8) is 0 Å². The van der Waals surface area contributed by atoms with E-state index in [-0.39, 0.29) is 17.7 Å². The fraction of sp³-hybridized carbons (Fsp3) is 0.538. The molecule has 3 aliphatic heterocycles. The Labute approximate surface area is 195 Å². The highest BCUT2D eigenvalue weighted by molar-refractivity contribution is 6.00. The van der Waals surface area contributed by atoms with Gasteiger partial charge in [-0.1, -0.05) is 30.3 Å². The third-order valence-electron chi connectivity index (χ3n) is 7.25. The third kappa shape index (κ3) is 4.78. The normalized spacial score (nSPS) is 21.0. The van der Waals surface area contributed by atoms with Crippen LogP contribution in [0.4, 0.5) is 5.82 Å². The largest absolute Gasteiger partial charge is 0.342 e. The van der Waals surface area contributed by atoms with Crippen molar-refractivity contribution in [2.45, 2.75) is 51.4 Å².